The van der Waals surface area contributed by atoms with Gasteiger partial charge in [0.15, 0.2) is 16.4 Å². The Morgan fingerprint density at radius 1 is 1.59 bits per heavy atom. The standard InChI is InChI=1S/C10H11FN4OS/c1-16-5-4-15-9(13-14-10(15)17)7-2-3-12-6-8(7)11/h2-3,6H,4-5H2,1H3,(H,14,17). The maximum atomic E-state index is 13.6. The van der Waals surface area contributed by atoms with Gasteiger partial charge in [-0.3, -0.25) is 14.6 Å². The second kappa shape index (κ2) is 5.15. The zero-order valence-corrected chi connectivity index (χ0v) is 10.00. The van der Waals surface area contributed by atoms with Crippen molar-refractivity contribution in [3.05, 3.63) is 29.0 Å². The molecular weight excluding hydrogens is 243 g/mol. The van der Waals surface area contributed by atoms with Crippen LogP contribution >= 0.6 is 12.2 Å². The molecule has 2 aromatic heterocycles. The largest absolute Gasteiger partial charge is 0.383 e. The molecule has 90 valence electrons. The smallest absolute Gasteiger partial charge is 0.195 e. The Labute approximate surface area is 102 Å². The summed E-state index contributed by atoms with van der Waals surface area (Å²) in [6.07, 6.45) is 2.66. The third kappa shape index (κ3) is 2.40. The molecule has 0 aliphatic rings. The normalized spacial score (nSPS) is 10.7. The van der Waals surface area contributed by atoms with Crippen molar-refractivity contribution in [1.29, 1.82) is 0 Å². The minimum absolute atomic E-state index is 0.364. The van der Waals surface area contributed by atoms with Crippen LogP contribution in [0.4, 0.5) is 4.39 Å². The van der Waals surface area contributed by atoms with Crippen molar-refractivity contribution < 1.29 is 9.13 Å². The first-order valence-corrected chi connectivity index (χ1v) is 5.39. The third-order valence-electron chi connectivity index (χ3n) is 2.29. The number of aromatic amines is 1. The van der Waals surface area contributed by atoms with Gasteiger partial charge in [0.05, 0.1) is 24.9 Å². The summed E-state index contributed by atoms with van der Waals surface area (Å²) >= 11 is 5.08. The lowest BCUT2D eigenvalue weighted by Crippen LogP contribution is -2.06. The molecule has 0 atom stereocenters. The Balaban J connectivity index is 2.46. The van der Waals surface area contributed by atoms with Crippen LogP contribution in [0.3, 0.4) is 0 Å². The summed E-state index contributed by atoms with van der Waals surface area (Å²) in [5.41, 5.74) is 0.364. The van der Waals surface area contributed by atoms with E-state index in [4.69, 9.17) is 17.0 Å². The molecule has 0 fully saturated rings. The number of aromatic nitrogens is 4. The van der Waals surface area contributed by atoms with E-state index in [0.717, 1.165) is 6.20 Å². The van der Waals surface area contributed by atoms with Crippen molar-refractivity contribution in [2.24, 2.45) is 0 Å². The van der Waals surface area contributed by atoms with Crippen molar-refractivity contribution in [3.63, 3.8) is 0 Å². The maximum absolute atomic E-state index is 13.6. The summed E-state index contributed by atoms with van der Waals surface area (Å²) in [5, 5.41) is 6.67. The molecule has 7 heteroatoms. The second-order valence-electron chi connectivity index (χ2n) is 3.35. The van der Waals surface area contributed by atoms with Gasteiger partial charge in [-0.15, -0.1) is 0 Å². The van der Waals surface area contributed by atoms with E-state index >= 15 is 0 Å². The highest BCUT2D eigenvalue weighted by atomic mass is 32.1. The van der Waals surface area contributed by atoms with Gasteiger partial charge >= 0.3 is 0 Å². The van der Waals surface area contributed by atoms with Crippen molar-refractivity contribution in [2.75, 3.05) is 13.7 Å². The van der Waals surface area contributed by atoms with Gasteiger partial charge in [-0.2, -0.15) is 5.10 Å². The number of nitrogens with one attached hydrogen (secondary N) is 1. The van der Waals surface area contributed by atoms with Crippen LogP contribution in [-0.2, 0) is 11.3 Å². The van der Waals surface area contributed by atoms with Gasteiger partial charge < -0.3 is 4.74 Å². The molecular formula is C10H11FN4OS. The Morgan fingerprint density at radius 3 is 3.12 bits per heavy atom. The van der Waals surface area contributed by atoms with E-state index in [1.54, 1.807) is 17.7 Å². The van der Waals surface area contributed by atoms with E-state index in [1.807, 2.05) is 0 Å². The average molecular weight is 254 g/mol. The van der Waals surface area contributed by atoms with Crippen LogP contribution in [0.25, 0.3) is 11.4 Å². The minimum Gasteiger partial charge on any atom is -0.383 e. The predicted molar refractivity (Wildman–Crippen MR) is 62.5 cm³/mol. The SMILES string of the molecule is COCCn1c(-c2ccncc2F)n[nH]c1=S. The first kappa shape index (κ1) is 11.9. The van der Waals surface area contributed by atoms with Crippen LogP contribution in [0.5, 0.6) is 0 Å². The fraction of sp³-hybridized carbons (Fsp3) is 0.300. The maximum Gasteiger partial charge on any atom is 0.195 e. The molecule has 2 heterocycles. The van der Waals surface area contributed by atoms with E-state index in [1.165, 1.54) is 6.20 Å². The van der Waals surface area contributed by atoms with Crippen LogP contribution in [0.15, 0.2) is 18.5 Å². The molecule has 0 aliphatic heterocycles. The van der Waals surface area contributed by atoms with Crippen molar-refractivity contribution in [2.45, 2.75) is 6.54 Å². The highest BCUT2D eigenvalue weighted by Gasteiger charge is 2.12. The number of methoxy groups -OCH3 is 1. The summed E-state index contributed by atoms with van der Waals surface area (Å²) in [6, 6.07) is 1.56. The van der Waals surface area contributed by atoms with Crippen LogP contribution < -0.4 is 0 Å². The zero-order chi connectivity index (χ0) is 12.3. The number of hydrogen-bond donors (Lipinski definition) is 1. The molecule has 17 heavy (non-hydrogen) atoms. The van der Waals surface area contributed by atoms with Gasteiger partial charge in [0.2, 0.25) is 0 Å². The Hall–Kier alpha value is -1.60. The molecule has 5 nitrogen and oxygen atoms in total. The summed E-state index contributed by atoms with van der Waals surface area (Å²) < 4.78 is 20.7. The summed E-state index contributed by atoms with van der Waals surface area (Å²) in [5.74, 6) is 0.0205. The van der Waals surface area contributed by atoms with Gasteiger partial charge in [0.1, 0.15) is 0 Å². The second-order valence-corrected chi connectivity index (χ2v) is 3.74. The van der Waals surface area contributed by atoms with Gasteiger partial charge in [-0.25, -0.2) is 4.39 Å². The molecule has 2 rings (SSSR count). The summed E-state index contributed by atoms with van der Waals surface area (Å²) in [6.45, 7) is 0.997. The van der Waals surface area contributed by atoms with Gasteiger partial charge in [0.25, 0.3) is 0 Å². The van der Waals surface area contributed by atoms with Crippen LogP contribution in [-0.4, -0.2) is 33.5 Å². The van der Waals surface area contributed by atoms with Gasteiger partial charge in [0, 0.05) is 13.3 Å². The Kier molecular flexibility index (Phi) is 3.60. The summed E-state index contributed by atoms with van der Waals surface area (Å²) in [4.78, 5) is 3.70. The quantitative estimate of drug-likeness (QED) is 0.845. The lowest BCUT2D eigenvalue weighted by Gasteiger charge is -2.06. The number of nitrogens with zero attached hydrogens (tertiary/aromatic N) is 3. The molecule has 0 unspecified atom stereocenters. The highest BCUT2D eigenvalue weighted by Crippen LogP contribution is 2.19. The van der Waals surface area contributed by atoms with Gasteiger partial charge in [-0.05, 0) is 18.3 Å². The molecule has 0 aromatic carbocycles. The molecule has 1 N–H and O–H groups in total. The fourth-order valence-corrected chi connectivity index (χ4v) is 1.69. The van der Waals surface area contributed by atoms with Crippen LogP contribution in [0, 0.1) is 10.6 Å². The Morgan fingerprint density at radius 2 is 2.41 bits per heavy atom. The van der Waals surface area contributed by atoms with Gasteiger partial charge in [-0.1, -0.05) is 0 Å². The van der Waals surface area contributed by atoms with E-state index in [2.05, 4.69) is 15.2 Å². The summed E-state index contributed by atoms with van der Waals surface area (Å²) in [7, 11) is 1.59. The highest BCUT2D eigenvalue weighted by molar-refractivity contribution is 7.71. The molecule has 0 aliphatic carbocycles. The zero-order valence-electron chi connectivity index (χ0n) is 9.18. The lowest BCUT2D eigenvalue weighted by molar-refractivity contribution is 0.187. The third-order valence-corrected chi connectivity index (χ3v) is 2.60. The monoisotopic (exact) mass is 254 g/mol. The van der Waals surface area contributed by atoms with Crippen molar-refractivity contribution in [3.8, 4) is 11.4 Å². The Bertz CT molecular complexity index is 565. The number of ether oxygens (including phenoxy) is 1. The van der Waals surface area contributed by atoms with E-state index in [0.29, 0.717) is 29.3 Å². The molecule has 0 bridgehead atoms. The predicted octanol–water partition coefficient (Wildman–Crippen LogP) is 1.79. The number of halogens is 1. The van der Waals surface area contributed by atoms with Crippen LogP contribution in [0.1, 0.15) is 0 Å². The van der Waals surface area contributed by atoms with E-state index < -0.39 is 5.82 Å². The molecule has 2 aromatic rings. The number of pyridine rings is 1. The fourth-order valence-electron chi connectivity index (χ4n) is 1.47. The van der Waals surface area contributed by atoms with Crippen LogP contribution in [0.2, 0.25) is 0 Å². The molecule has 0 spiro atoms. The van der Waals surface area contributed by atoms with Crippen molar-refractivity contribution >= 4 is 12.2 Å². The number of H-pyrrole nitrogens is 1. The van der Waals surface area contributed by atoms with Crippen molar-refractivity contribution in [1.82, 2.24) is 19.7 Å². The molecule has 0 radical (unpaired) electrons. The molecule has 0 saturated heterocycles. The molecule has 0 saturated carbocycles. The average Bonchev–Trinajstić information content (AvgIpc) is 2.69. The van der Waals surface area contributed by atoms with E-state index in [-0.39, 0.29) is 0 Å². The first-order valence-electron chi connectivity index (χ1n) is 4.98. The molecule has 0 amide bonds. The first-order chi connectivity index (χ1) is 8.24. The number of hydrogen-bond acceptors (Lipinski definition) is 4. The number of rotatable bonds is 4. The lowest BCUT2D eigenvalue weighted by atomic mass is 10.2. The minimum atomic E-state index is -0.430. The topological polar surface area (TPSA) is 55.7 Å². The van der Waals surface area contributed by atoms with E-state index in [9.17, 15) is 4.39 Å².